The number of amides is 1. The van der Waals surface area contributed by atoms with E-state index in [2.05, 4.69) is 12.2 Å². The minimum atomic E-state index is -0.0840. The molecule has 1 aromatic rings. The monoisotopic (exact) mass is 261 g/mol. The second-order valence-corrected chi connectivity index (χ2v) is 5.46. The zero-order valence-electron chi connectivity index (χ0n) is 11.5. The normalized spacial score (nSPS) is 23.0. The first-order valence-corrected chi connectivity index (χ1v) is 7.06. The van der Waals surface area contributed by atoms with Gasteiger partial charge in [-0.05, 0) is 37.0 Å². The fraction of sp³-hybridized carbons (Fsp3) is 0.533. The van der Waals surface area contributed by atoms with Crippen LogP contribution in [0.2, 0.25) is 0 Å². The van der Waals surface area contributed by atoms with Crippen molar-refractivity contribution in [2.75, 3.05) is 11.5 Å². The van der Waals surface area contributed by atoms with Gasteiger partial charge in [0.25, 0.3) is 5.91 Å². The van der Waals surface area contributed by atoms with Gasteiger partial charge in [-0.1, -0.05) is 26.2 Å². The van der Waals surface area contributed by atoms with Gasteiger partial charge in [0.1, 0.15) is 0 Å². The third-order valence-electron chi connectivity index (χ3n) is 4.02. The molecule has 0 bridgehead atoms. The van der Waals surface area contributed by atoms with Gasteiger partial charge >= 0.3 is 0 Å². The molecule has 0 spiro atoms. The number of nitrogens with two attached hydrogens (primary N) is 2. The van der Waals surface area contributed by atoms with E-state index in [1.54, 1.807) is 18.2 Å². The molecule has 1 aromatic carbocycles. The van der Waals surface area contributed by atoms with Crippen molar-refractivity contribution in [3.8, 4) is 0 Å². The summed E-state index contributed by atoms with van der Waals surface area (Å²) in [6.45, 7) is 2.22. The molecule has 1 amide bonds. The second kappa shape index (κ2) is 5.95. The highest BCUT2D eigenvalue weighted by molar-refractivity contribution is 5.99. The number of nitrogens with one attached hydrogen (secondary N) is 1. The van der Waals surface area contributed by atoms with E-state index in [0.717, 1.165) is 18.8 Å². The van der Waals surface area contributed by atoms with Crippen molar-refractivity contribution < 1.29 is 4.79 Å². The lowest BCUT2D eigenvalue weighted by molar-refractivity contribution is 0.0920. The van der Waals surface area contributed by atoms with E-state index in [0.29, 0.717) is 16.9 Å². The molecule has 1 aliphatic carbocycles. The van der Waals surface area contributed by atoms with E-state index in [9.17, 15) is 4.79 Å². The van der Waals surface area contributed by atoms with Crippen molar-refractivity contribution >= 4 is 17.3 Å². The molecule has 0 aliphatic heterocycles. The average Bonchev–Trinajstić information content (AvgIpc) is 2.38. The van der Waals surface area contributed by atoms with Gasteiger partial charge in [0, 0.05) is 17.4 Å². The lowest BCUT2D eigenvalue weighted by atomic mass is 9.84. The summed E-state index contributed by atoms with van der Waals surface area (Å²) < 4.78 is 0. The first-order chi connectivity index (χ1) is 9.10. The Morgan fingerprint density at radius 1 is 1.37 bits per heavy atom. The Hall–Kier alpha value is -1.71. The number of benzene rings is 1. The number of hydrogen-bond donors (Lipinski definition) is 3. The molecule has 4 nitrogen and oxygen atoms in total. The third kappa shape index (κ3) is 3.40. The predicted octanol–water partition coefficient (Wildman–Crippen LogP) is 2.55. The summed E-state index contributed by atoms with van der Waals surface area (Å²) in [7, 11) is 0. The molecule has 1 fully saturated rings. The van der Waals surface area contributed by atoms with E-state index in [4.69, 9.17) is 11.5 Å². The van der Waals surface area contributed by atoms with Crippen molar-refractivity contribution in [1.82, 2.24) is 5.32 Å². The highest BCUT2D eigenvalue weighted by atomic mass is 16.1. The van der Waals surface area contributed by atoms with Crippen LogP contribution in [0, 0.1) is 5.92 Å². The van der Waals surface area contributed by atoms with E-state index in [1.165, 1.54) is 19.3 Å². The van der Waals surface area contributed by atoms with Crippen LogP contribution in [0.1, 0.15) is 49.4 Å². The van der Waals surface area contributed by atoms with Gasteiger partial charge in [-0.25, -0.2) is 0 Å². The number of carbonyl (C=O) groups is 1. The molecule has 2 rings (SSSR count). The standard InChI is InChI=1S/C15H23N3O/c1-2-10-4-3-5-12(8-10)18-15(19)13-7-6-11(16)9-14(13)17/h6-7,9-10,12H,2-5,8,16-17H2,1H3,(H,18,19). The van der Waals surface area contributed by atoms with Gasteiger partial charge in [0.15, 0.2) is 0 Å². The van der Waals surface area contributed by atoms with Crippen LogP contribution in [0.4, 0.5) is 11.4 Å². The van der Waals surface area contributed by atoms with Gasteiger partial charge in [0.2, 0.25) is 0 Å². The molecule has 19 heavy (non-hydrogen) atoms. The number of carbonyl (C=O) groups excluding carboxylic acids is 1. The molecule has 2 atom stereocenters. The Labute approximate surface area is 114 Å². The fourth-order valence-corrected chi connectivity index (χ4v) is 2.84. The van der Waals surface area contributed by atoms with Gasteiger partial charge in [-0.3, -0.25) is 4.79 Å². The van der Waals surface area contributed by atoms with Crippen LogP contribution in [0.25, 0.3) is 0 Å². The lowest BCUT2D eigenvalue weighted by Crippen LogP contribution is -2.38. The summed E-state index contributed by atoms with van der Waals surface area (Å²) in [6.07, 6.45) is 5.82. The Balaban J connectivity index is 2.00. The van der Waals surface area contributed by atoms with E-state index < -0.39 is 0 Å². The van der Waals surface area contributed by atoms with Gasteiger partial charge < -0.3 is 16.8 Å². The van der Waals surface area contributed by atoms with Crippen LogP contribution in [0.15, 0.2) is 18.2 Å². The van der Waals surface area contributed by atoms with Crippen LogP contribution < -0.4 is 16.8 Å². The maximum Gasteiger partial charge on any atom is 0.253 e. The highest BCUT2D eigenvalue weighted by Crippen LogP contribution is 2.27. The predicted molar refractivity (Wildman–Crippen MR) is 78.8 cm³/mol. The van der Waals surface area contributed by atoms with Crippen LogP contribution in [-0.2, 0) is 0 Å². The molecule has 0 heterocycles. The van der Waals surface area contributed by atoms with Crippen molar-refractivity contribution in [2.45, 2.75) is 45.1 Å². The lowest BCUT2D eigenvalue weighted by Gasteiger charge is -2.29. The quantitative estimate of drug-likeness (QED) is 0.731. The van der Waals surface area contributed by atoms with Crippen molar-refractivity contribution in [3.05, 3.63) is 23.8 Å². The molecule has 1 saturated carbocycles. The average molecular weight is 261 g/mol. The van der Waals surface area contributed by atoms with Gasteiger partial charge in [-0.2, -0.15) is 0 Å². The Morgan fingerprint density at radius 3 is 2.84 bits per heavy atom. The Kier molecular flexibility index (Phi) is 4.30. The summed E-state index contributed by atoms with van der Waals surface area (Å²) >= 11 is 0. The molecular weight excluding hydrogens is 238 g/mol. The number of nitrogen functional groups attached to an aromatic ring is 2. The van der Waals surface area contributed by atoms with Crippen molar-refractivity contribution in [2.24, 2.45) is 5.92 Å². The number of hydrogen-bond acceptors (Lipinski definition) is 3. The van der Waals surface area contributed by atoms with E-state index >= 15 is 0 Å². The summed E-state index contributed by atoms with van der Waals surface area (Å²) in [5.41, 5.74) is 13.0. The molecule has 104 valence electrons. The minimum Gasteiger partial charge on any atom is -0.399 e. The molecule has 0 radical (unpaired) electrons. The Bertz CT molecular complexity index is 459. The van der Waals surface area contributed by atoms with Gasteiger partial charge in [0.05, 0.1) is 5.56 Å². The number of anilines is 2. The third-order valence-corrected chi connectivity index (χ3v) is 4.02. The maximum atomic E-state index is 12.2. The smallest absolute Gasteiger partial charge is 0.253 e. The van der Waals surface area contributed by atoms with Crippen LogP contribution in [0.3, 0.4) is 0 Å². The van der Waals surface area contributed by atoms with Crippen LogP contribution in [-0.4, -0.2) is 11.9 Å². The highest BCUT2D eigenvalue weighted by Gasteiger charge is 2.23. The zero-order valence-corrected chi connectivity index (χ0v) is 11.5. The number of rotatable bonds is 3. The summed E-state index contributed by atoms with van der Waals surface area (Å²) in [5.74, 6) is 0.655. The topological polar surface area (TPSA) is 81.1 Å². The molecular formula is C15H23N3O. The molecule has 5 N–H and O–H groups in total. The summed E-state index contributed by atoms with van der Waals surface area (Å²) in [5, 5.41) is 3.10. The minimum absolute atomic E-state index is 0.0840. The molecule has 0 aromatic heterocycles. The second-order valence-electron chi connectivity index (χ2n) is 5.46. The maximum absolute atomic E-state index is 12.2. The van der Waals surface area contributed by atoms with Crippen LogP contribution >= 0.6 is 0 Å². The molecule has 0 saturated heterocycles. The largest absolute Gasteiger partial charge is 0.399 e. The van der Waals surface area contributed by atoms with Crippen molar-refractivity contribution in [3.63, 3.8) is 0 Å². The molecule has 1 aliphatic rings. The van der Waals surface area contributed by atoms with Crippen molar-refractivity contribution in [1.29, 1.82) is 0 Å². The fourth-order valence-electron chi connectivity index (χ4n) is 2.84. The molecule has 2 unspecified atom stereocenters. The zero-order chi connectivity index (χ0) is 13.8. The first kappa shape index (κ1) is 13.7. The SMILES string of the molecule is CCC1CCCC(NC(=O)c2ccc(N)cc2N)C1. The molecule has 4 heteroatoms. The summed E-state index contributed by atoms with van der Waals surface area (Å²) in [6, 6.07) is 5.31. The van der Waals surface area contributed by atoms with E-state index in [-0.39, 0.29) is 11.9 Å². The van der Waals surface area contributed by atoms with Gasteiger partial charge in [-0.15, -0.1) is 0 Å². The van der Waals surface area contributed by atoms with Crippen LogP contribution in [0.5, 0.6) is 0 Å². The first-order valence-electron chi connectivity index (χ1n) is 7.06. The van der Waals surface area contributed by atoms with E-state index in [1.807, 2.05) is 0 Å². The summed E-state index contributed by atoms with van der Waals surface area (Å²) in [4.78, 5) is 12.2. The Morgan fingerprint density at radius 2 is 2.16 bits per heavy atom.